The van der Waals surface area contributed by atoms with Crippen molar-refractivity contribution in [3.8, 4) is 11.5 Å². The van der Waals surface area contributed by atoms with Gasteiger partial charge < -0.3 is 19.7 Å². The summed E-state index contributed by atoms with van der Waals surface area (Å²) in [5.41, 5.74) is 1.72. The summed E-state index contributed by atoms with van der Waals surface area (Å²) in [6.45, 7) is 2.37. The van der Waals surface area contributed by atoms with Gasteiger partial charge in [-0.2, -0.15) is 0 Å². The molecular formula is C29H38N2O4. The van der Waals surface area contributed by atoms with Gasteiger partial charge in [-0.3, -0.25) is 9.59 Å². The standard InChI is InChI=1S/C29H38N2O4/c1-29(28(33)30-23-12-7-5-4-6-8-13-23)20-22-11-9-10-14-24(22)27(32)31(29)18-17-21-15-16-25(34-2)26(19-21)35-3/h9-11,14-16,19,23H,4-8,12-13,17-18,20H2,1-3H3,(H,30,33)/t29-/m0/s1. The molecule has 1 aliphatic carbocycles. The van der Waals surface area contributed by atoms with Crippen molar-refractivity contribution in [2.75, 3.05) is 20.8 Å². The molecular weight excluding hydrogens is 440 g/mol. The maximum Gasteiger partial charge on any atom is 0.255 e. The van der Waals surface area contributed by atoms with E-state index in [9.17, 15) is 9.59 Å². The van der Waals surface area contributed by atoms with Crippen molar-refractivity contribution < 1.29 is 19.1 Å². The molecule has 0 saturated heterocycles. The number of carbonyl (C=O) groups is 2. The first kappa shape index (κ1) is 25.1. The van der Waals surface area contributed by atoms with Gasteiger partial charge in [-0.1, -0.05) is 56.4 Å². The number of methoxy groups -OCH3 is 2. The molecule has 6 heteroatoms. The van der Waals surface area contributed by atoms with Crippen LogP contribution in [-0.4, -0.2) is 49.1 Å². The number of hydrogen-bond donors (Lipinski definition) is 1. The van der Waals surface area contributed by atoms with Crippen molar-refractivity contribution in [2.45, 2.75) is 76.3 Å². The summed E-state index contributed by atoms with van der Waals surface area (Å²) in [5, 5.41) is 3.34. The first-order valence-electron chi connectivity index (χ1n) is 12.9. The number of benzene rings is 2. The fourth-order valence-electron chi connectivity index (χ4n) is 5.49. The number of nitrogens with one attached hydrogen (secondary N) is 1. The van der Waals surface area contributed by atoms with Gasteiger partial charge in [0, 0.05) is 24.6 Å². The van der Waals surface area contributed by atoms with E-state index >= 15 is 0 Å². The van der Waals surface area contributed by atoms with E-state index in [-0.39, 0.29) is 17.9 Å². The zero-order chi connectivity index (χ0) is 24.8. The Bertz CT molecular complexity index is 1040. The van der Waals surface area contributed by atoms with Crippen molar-refractivity contribution >= 4 is 11.8 Å². The van der Waals surface area contributed by atoms with Crippen LogP contribution in [0.2, 0.25) is 0 Å². The number of carbonyl (C=O) groups excluding carboxylic acids is 2. The summed E-state index contributed by atoms with van der Waals surface area (Å²) < 4.78 is 10.8. The molecule has 188 valence electrons. The summed E-state index contributed by atoms with van der Waals surface area (Å²) in [5.74, 6) is 1.20. The predicted octanol–water partition coefficient (Wildman–Crippen LogP) is 4.93. The quantitative estimate of drug-likeness (QED) is 0.613. The third-order valence-electron chi connectivity index (χ3n) is 7.62. The minimum absolute atomic E-state index is 0.0433. The van der Waals surface area contributed by atoms with Crippen molar-refractivity contribution in [1.82, 2.24) is 10.2 Å². The van der Waals surface area contributed by atoms with Crippen LogP contribution in [0.1, 0.15) is 73.4 Å². The predicted molar refractivity (Wildman–Crippen MR) is 137 cm³/mol. The molecule has 2 aromatic carbocycles. The lowest BCUT2D eigenvalue weighted by atomic mass is 9.82. The van der Waals surface area contributed by atoms with E-state index in [0.29, 0.717) is 36.4 Å². The fourth-order valence-corrected chi connectivity index (χ4v) is 5.49. The molecule has 0 aromatic heterocycles. The van der Waals surface area contributed by atoms with Crippen LogP contribution in [0.4, 0.5) is 0 Å². The number of amides is 2. The topological polar surface area (TPSA) is 67.9 Å². The minimum atomic E-state index is -0.940. The molecule has 1 saturated carbocycles. The molecule has 0 spiro atoms. The molecule has 0 unspecified atom stereocenters. The van der Waals surface area contributed by atoms with Crippen LogP contribution in [0.25, 0.3) is 0 Å². The van der Waals surface area contributed by atoms with Crippen molar-refractivity contribution in [3.63, 3.8) is 0 Å². The van der Waals surface area contributed by atoms with Gasteiger partial charge in [0.05, 0.1) is 14.2 Å². The lowest BCUT2D eigenvalue weighted by molar-refractivity contribution is -0.132. The number of fused-ring (bicyclic) bond motifs is 1. The molecule has 1 N–H and O–H groups in total. The Morgan fingerprint density at radius 3 is 2.40 bits per heavy atom. The molecule has 6 nitrogen and oxygen atoms in total. The van der Waals surface area contributed by atoms with E-state index in [1.54, 1.807) is 19.1 Å². The molecule has 0 radical (unpaired) electrons. The van der Waals surface area contributed by atoms with Gasteiger partial charge in [0.25, 0.3) is 5.91 Å². The molecule has 4 rings (SSSR count). The second kappa shape index (κ2) is 11.1. The van der Waals surface area contributed by atoms with Crippen LogP contribution in [0.5, 0.6) is 11.5 Å². The van der Waals surface area contributed by atoms with Gasteiger partial charge in [-0.15, -0.1) is 0 Å². The second-order valence-electron chi connectivity index (χ2n) is 10.0. The van der Waals surface area contributed by atoms with Gasteiger partial charge in [-0.05, 0) is 55.5 Å². The van der Waals surface area contributed by atoms with Gasteiger partial charge in [0.2, 0.25) is 5.91 Å². The molecule has 1 fully saturated rings. The van der Waals surface area contributed by atoms with Crippen LogP contribution in [0, 0.1) is 0 Å². The maximum atomic E-state index is 13.8. The lowest BCUT2D eigenvalue weighted by Crippen LogP contribution is -2.64. The van der Waals surface area contributed by atoms with Gasteiger partial charge in [-0.25, -0.2) is 0 Å². The zero-order valence-electron chi connectivity index (χ0n) is 21.3. The van der Waals surface area contributed by atoms with E-state index in [1.165, 1.54) is 19.3 Å². The van der Waals surface area contributed by atoms with E-state index in [0.717, 1.165) is 36.8 Å². The van der Waals surface area contributed by atoms with Gasteiger partial charge in [0.15, 0.2) is 11.5 Å². The molecule has 1 aliphatic heterocycles. The fraction of sp³-hybridized carbons (Fsp3) is 0.517. The van der Waals surface area contributed by atoms with Crippen LogP contribution >= 0.6 is 0 Å². The molecule has 2 aromatic rings. The number of nitrogens with zero attached hydrogens (tertiary/aromatic N) is 1. The summed E-state index contributed by atoms with van der Waals surface area (Å²) in [6.07, 6.45) is 9.18. The first-order chi connectivity index (χ1) is 17.0. The van der Waals surface area contributed by atoms with Crippen molar-refractivity contribution in [2.24, 2.45) is 0 Å². The number of rotatable bonds is 7. The molecule has 2 amide bonds. The monoisotopic (exact) mass is 478 g/mol. The summed E-state index contributed by atoms with van der Waals surface area (Å²) in [7, 11) is 3.23. The molecule has 1 heterocycles. The highest BCUT2D eigenvalue weighted by molar-refractivity contribution is 6.02. The third-order valence-corrected chi connectivity index (χ3v) is 7.62. The van der Waals surface area contributed by atoms with Crippen molar-refractivity contribution in [3.05, 3.63) is 59.2 Å². The number of ether oxygens (including phenoxy) is 2. The van der Waals surface area contributed by atoms with Crippen LogP contribution in [0.15, 0.2) is 42.5 Å². The Labute approximate surface area is 209 Å². The van der Waals surface area contributed by atoms with Crippen LogP contribution in [-0.2, 0) is 17.6 Å². The Morgan fingerprint density at radius 2 is 1.69 bits per heavy atom. The summed E-state index contributed by atoms with van der Waals surface area (Å²) >= 11 is 0. The first-order valence-corrected chi connectivity index (χ1v) is 12.9. The Kier molecular flexibility index (Phi) is 7.99. The molecule has 2 aliphatic rings. The molecule has 1 atom stereocenters. The van der Waals surface area contributed by atoms with Crippen molar-refractivity contribution in [1.29, 1.82) is 0 Å². The lowest BCUT2D eigenvalue weighted by Gasteiger charge is -2.44. The highest BCUT2D eigenvalue weighted by Crippen LogP contribution is 2.33. The number of hydrogen-bond acceptors (Lipinski definition) is 4. The van der Waals surface area contributed by atoms with Gasteiger partial charge >= 0.3 is 0 Å². The highest BCUT2D eigenvalue weighted by Gasteiger charge is 2.46. The second-order valence-corrected chi connectivity index (χ2v) is 10.0. The van der Waals surface area contributed by atoms with E-state index in [4.69, 9.17) is 9.47 Å². The normalized spacial score (nSPS) is 21.0. The Morgan fingerprint density at radius 1 is 1.00 bits per heavy atom. The SMILES string of the molecule is COc1ccc(CCN2C(=O)c3ccccc3C[C@@]2(C)C(=O)NC2CCCCCCC2)cc1OC. The highest BCUT2D eigenvalue weighted by atomic mass is 16.5. The van der Waals surface area contributed by atoms with E-state index < -0.39 is 5.54 Å². The van der Waals surface area contributed by atoms with Crippen LogP contribution in [0.3, 0.4) is 0 Å². The molecule has 35 heavy (non-hydrogen) atoms. The summed E-state index contributed by atoms with van der Waals surface area (Å²) in [6, 6.07) is 13.6. The van der Waals surface area contributed by atoms with Crippen LogP contribution < -0.4 is 14.8 Å². The third kappa shape index (κ3) is 5.47. The molecule has 0 bridgehead atoms. The average molecular weight is 479 g/mol. The smallest absolute Gasteiger partial charge is 0.255 e. The van der Waals surface area contributed by atoms with Gasteiger partial charge in [0.1, 0.15) is 5.54 Å². The zero-order valence-corrected chi connectivity index (χ0v) is 21.3. The average Bonchev–Trinajstić information content (AvgIpc) is 2.85. The largest absolute Gasteiger partial charge is 0.493 e. The van der Waals surface area contributed by atoms with E-state index in [2.05, 4.69) is 5.32 Å². The Hall–Kier alpha value is -3.02. The Balaban J connectivity index is 1.58. The summed E-state index contributed by atoms with van der Waals surface area (Å²) in [4.78, 5) is 29.3. The van der Waals surface area contributed by atoms with E-state index in [1.807, 2.05) is 49.4 Å². The maximum absolute atomic E-state index is 13.8. The minimum Gasteiger partial charge on any atom is -0.493 e.